The number of aliphatic hydroxyl groups is 1. The lowest BCUT2D eigenvalue weighted by Gasteiger charge is -2.24. The average Bonchev–Trinajstić information content (AvgIpc) is 2.48. The molecule has 2 aromatic carbocycles. The predicted molar refractivity (Wildman–Crippen MR) is 84.5 cm³/mol. The fraction of sp³-hybridized carbons (Fsp3) is 0.250. The second-order valence-electron chi connectivity index (χ2n) is 4.69. The van der Waals surface area contributed by atoms with E-state index in [2.05, 4.69) is 5.32 Å². The van der Waals surface area contributed by atoms with E-state index in [0.29, 0.717) is 16.6 Å². The van der Waals surface area contributed by atoms with E-state index in [1.165, 1.54) is 0 Å². The van der Waals surface area contributed by atoms with Gasteiger partial charge in [0.15, 0.2) is 0 Å². The Morgan fingerprint density at radius 3 is 2.30 bits per heavy atom. The van der Waals surface area contributed by atoms with Crippen molar-refractivity contribution in [2.24, 2.45) is 0 Å². The van der Waals surface area contributed by atoms with Gasteiger partial charge in [0.05, 0.1) is 16.1 Å². The molecule has 2 aromatic rings. The third kappa shape index (κ3) is 3.53. The average molecular weight is 310 g/mol. The van der Waals surface area contributed by atoms with Gasteiger partial charge in [-0.05, 0) is 30.3 Å². The molecule has 0 saturated carbocycles. The van der Waals surface area contributed by atoms with Crippen LogP contribution in [0, 0.1) is 0 Å². The van der Waals surface area contributed by atoms with Crippen molar-refractivity contribution in [3.8, 4) is 0 Å². The molecule has 0 bridgehead atoms. The lowest BCUT2D eigenvalue weighted by atomic mass is 9.89. The van der Waals surface area contributed by atoms with Crippen molar-refractivity contribution in [1.82, 2.24) is 5.32 Å². The van der Waals surface area contributed by atoms with Crippen LogP contribution < -0.4 is 5.32 Å². The van der Waals surface area contributed by atoms with Gasteiger partial charge in [-0.1, -0.05) is 59.6 Å². The van der Waals surface area contributed by atoms with Crippen molar-refractivity contribution in [3.63, 3.8) is 0 Å². The first kappa shape index (κ1) is 15.3. The molecular formula is C16H17Cl2NO. The number of halogens is 2. The number of rotatable bonds is 5. The van der Waals surface area contributed by atoms with Crippen LogP contribution in [0.15, 0.2) is 48.5 Å². The summed E-state index contributed by atoms with van der Waals surface area (Å²) >= 11 is 12.0. The molecule has 0 amide bonds. The highest BCUT2D eigenvalue weighted by atomic mass is 35.5. The lowest BCUT2D eigenvalue weighted by molar-refractivity contribution is 0.144. The van der Waals surface area contributed by atoms with Gasteiger partial charge in [0.2, 0.25) is 0 Å². The molecule has 0 heterocycles. The molecule has 0 aromatic heterocycles. The van der Waals surface area contributed by atoms with Gasteiger partial charge in [-0.15, -0.1) is 0 Å². The van der Waals surface area contributed by atoms with E-state index < -0.39 is 6.10 Å². The van der Waals surface area contributed by atoms with Gasteiger partial charge in [-0.2, -0.15) is 0 Å². The minimum absolute atomic E-state index is 0.0860. The second kappa shape index (κ2) is 7.09. The summed E-state index contributed by atoms with van der Waals surface area (Å²) in [5, 5.41) is 14.8. The monoisotopic (exact) mass is 309 g/mol. The Balaban J connectivity index is 2.33. The van der Waals surface area contributed by atoms with Crippen molar-refractivity contribution in [2.75, 3.05) is 13.6 Å². The molecule has 20 heavy (non-hydrogen) atoms. The normalized spacial score (nSPS) is 14.0. The van der Waals surface area contributed by atoms with E-state index in [4.69, 9.17) is 23.2 Å². The summed E-state index contributed by atoms with van der Waals surface area (Å²) in [6.07, 6.45) is -0.596. The fourth-order valence-corrected chi connectivity index (χ4v) is 2.56. The Kier molecular flexibility index (Phi) is 5.44. The standard InChI is InChI=1S/C16H17Cl2NO/c1-19-10-13(12-7-8-14(17)15(18)9-12)16(20)11-5-3-2-4-6-11/h2-9,13,16,19-20H,10H2,1H3/t13-,16-/m1/s1. The summed E-state index contributed by atoms with van der Waals surface area (Å²) in [5.74, 6) is -0.0860. The molecule has 0 fully saturated rings. The summed E-state index contributed by atoms with van der Waals surface area (Å²) < 4.78 is 0. The summed E-state index contributed by atoms with van der Waals surface area (Å²) in [4.78, 5) is 0. The molecule has 0 aliphatic carbocycles. The molecule has 0 radical (unpaired) electrons. The molecule has 2 nitrogen and oxygen atoms in total. The number of benzene rings is 2. The lowest BCUT2D eigenvalue weighted by Crippen LogP contribution is -2.23. The molecule has 2 N–H and O–H groups in total. The van der Waals surface area contributed by atoms with Crippen LogP contribution in [0.2, 0.25) is 10.0 Å². The largest absolute Gasteiger partial charge is 0.388 e. The van der Waals surface area contributed by atoms with Gasteiger partial charge in [-0.25, -0.2) is 0 Å². The Labute approximate surface area is 129 Å². The Morgan fingerprint density at radius 1 is 1.00 bits per heavy atom. The van der Waals surface area contributed by atoms with Gasteiger partial charge in [-0.3, -0.25) is 0 Å². The first-order valence-corrected chi connectivity index (χ1v) is 7.21. The first-order valence-electron chi connectivity index (χ1n) is 6.46. The topological polar surface area (TPSA) is 32.3 Å². The minimum Gasteiger partial charge on any atom is -0.388 e. The van der Waals surface area contributed by atoms with Crippen LogP contribution in [0.1, 0.15) is 23.1 Å². The smallest absolute Gasteiger partial charge is 0.0870 e. The van der Waals surface area contributed by atoms with Crippen molar-refractivity contribution < 1.29 is 5.11 Å². The van der Waals surface area contributed by atoms with Crippen molar-refractivity contribution in [1.29, 1.82) is 0 Å². The summed E-state index contributed by atoms with van der Waals surface area (Å²) in [7, 11) is 1.86. The zero-order chi connectivity index (χ0) is 14.5. The van der Waals surface area contributed by atoms with Crippen LogP contribution in [-0.4, -0.2) is 18.7 Å². The van der Waals surface area contributed by atoms with Crippen LogP contribution in [0.4, 0.5) is 0 Å². The summed E-state index contributed by atoms with van der Waals surface area (Å²) in [6.45, 7) is 0.647. The van der Waals surface area contributed by atoms with Crippen LogP contribution in [0.5, 0.6) is 0 Å². The molecule has 0 aliphatic rings. The number of nitrogens with one attached hydrogen (secondary N) is 1. The molecule has 0 unspecified atom stereocenters. The zero-order valence-corrected chi connectivity index (χ0v) is 12.7. The van der Waals surface area contributed by atoms with E-state index in [9.17, 15) is 5.11 Å². The summed E-state index contributed by atoms with van der Waals surface area (Å²) in [5.41, 5.74) is 1.85. The van der Waals surface area contributed by atoms with Gasteiger partial charge in [0.25, 0.3) is 0 Å². The van der Waals surface area contributed by atoms with Crippen LogP contribution >= 0.6 is 23.2 Å². The maximum Gasteiger partial charge on any atom is 0.0870 e. The van der Waals surface area contributed by atoms with E-state index in [-0.39, 0.29) is 5.92 Å². The third-order valence-corrected chi connectivity index (χ3v) is 4.06. The highest BCUT2D eigenvalue weighted by Crippen LogP contribution is 2.33. The highest BCUT2D eigenvalue weighted by Gasteiger charge is 2.22. The number of hydrogen-bond donors (Lipinski definition) is 2. The Morgan fingerprint density at radius 2 is 1.70 bits per heavy atom. The van der Waals surface area contributed by atoms with E-state index >= 15 is 0 Å². The van der Waals surface area contributed by atoms with Crippen molar-refractivity contribution >= 4 is 23.2 Å². The van der Waals surface area contributed by atoms with E-state index in [1.807, 2.05) is 49.5 Å². The summed E-state index contributed by atoms with van der Waals surface area (Å²) in [6, 6.07) is 15.1. The third-order valence-electron chi connectivity index (χ3n) is 3.32. The van der Waals surface area contributed by atoms with Crippen molar-refractivity contribution in [3.05, 3.63) is 69.7 Å². The highest BCUT2D eigenvalue weighted by molar-refractivity contribution is 6.42. The Hall–Kier alpha value is -1.06. The Bertz CT molecular complexity index is 560. The fourth-order valence-electron chi connectivity index (χ4n) is 2.26. The van der Waals surface area contributed by atoms with Crippen molar-refractivity contribution in [2.45, 2.75) is 12.0 Å². The molecular weight excluding hydrogens is 293 g/mol. The number of hydrogen-bond acceptors (Lipinski definition) is 2. The van der Waals surface area contributed by atoms with Gasteiger partial charge >= 0.3 is 0 Å². The first-order chi connectivity index (χ1) is 9.63. The maximum absolute atomic E-state index is 10.6. The van der Waals surface area contributed by atoms with E-state index in [1.54, 1.807) is 6.07 Å². The predicted octanol–water partition coefficient (Wildman–Crippen LogP) is 4.03. The minimum atomic E-state index is -0.596. The van der Waals surface area contributed by atoms with Gasteiger partial charge in [0, 0.05) is 12.5 Å². The molecule has 0 saturated heterocycles. The SMILES string of the molecule is CNC[C@H](c1ccc(Cl)c(Cl)c1)[C@H](O)c1ccccc1. The quantitative estimate of drug-likeness (QED) is 0.874. The van der Waals surface area contributed by atoms with Crippen LogP contribution in [0.3, 0.4) is 0 Å². The second-order valence-corrected chi connectivity index (χ2v) is 5.51. The number of likely N-dealkylation sites (N-methyl/N-ethyl adjacent to an activating group) is 1. The number of aliphatic hydroxyl groups excluding tert-OH is 1. The molecule has 0 spiro atoms. The molecule has 2 rings (SSSR count). The van der Waals surface area contributed by atoms with E-state index in [0.717, 1.165) is 11.1 Å². The maximum atomic E-state index is 10.6. The van der Waals surface area contributed by atoms with Gasteiger partial charge < -0.3 is 10.4 Å². The molecule has 106 valence electrons. The van der Waals surface area contributed by atoms with Gasteiger partial charge in [0.1, 0.15) is 0 Å². The zero-order valence-electron chi connectivity index (χ0n) is 11.2. The molecule has 2 atom stereocenters. The van der Waals surface area contributed by atoms with Crippen LogP contribution in [-0.2, 0) is 0 Å². The van der Waals surface area contributed by atoms with Crippen LogP contribution in [0.25, 0.3) is 0 Å². The molecule has 0 aliphatic heterocycles. The molecule has 4 heteroatoms.